The van der Waals surface area contributed by atoms with Crippen LogP contribution in [0.1, 0.15) is 23.6 Å². The van der Waals surface area contributed by atoms with Crippen molar-refractivity contribution in [2.24, 2.45) is 0 Å². The fourth-order valence-electron chi connectivity index (χ4n) is 3.17. The summed E-state index contributed by atoms with van der Waals surface area (Å²) >= 11 is 4.36. The molecule has 5 nitrogen and oxygen atoms in total. The average Bonchev–Trinajstić information content (AvgIpc) is 2.96. The normalized spacial score (nSPS) is 15.0. The van der Waals surface area contributed by atoms with Crippen LogP contribution in [-0.2, 0) is 17.8 Å². The highest BCUT2D eigenvalue weighted by Gasteiger charge is 2.35. The van der Waals surface area contributed by atoms with E-state index in [4.69, 9.17) is 9.47 Å². The predicted molar refractivity (Wildman–Crippen MR) is 124 cm³/mol. The number of benzene rings is 2. The molecular weight excluding hydrogens is 466 g/mol. The lowest BCUT2D eigenvalue weighted by molar-refractivity contribution is -0.123. The Balaban J connectivity index is 1.91. The smallest absolute Gasteiger partial charge is 0.293 e. The molecule has 2 amide bonds. The molecule has 1 aliphatic rings. The highest BCUT2D eigenvalue weighted by atomic mass is 79.9. The highest BCUT2D eigenvalue weighted by Crippen LogP contribution is 2.37. The molecule has 3 rings (SSSR count). The van der Waals surface area contributed by atoms with E-state index in [9.17, 15) is 9.59 Å². The minimum atomic E-state index is -0.302. The van der Waals surface area contributed by atoms with Gasteiger partial charge in [-0.3, -0.25) is 14.5 Å². The van der Waals surface area contributed by atoms with Crippen molar-refractivity contribution >= 4 is 44.9 Å². The van der Waals surface area contributed by atoms with Crippen molar-refractivity contribution in [2.75, 3.05) is 13.7 Å². The second kappa shape index (κ2) is 10.00. The third-order valence-corrected chi connectivity index (χ3v) is 5.82. The van der Waals surface area contributed by atoms with E-state index < -0.39 is 0 Å². The third kappa shape index (κ3) is 4.96. The molecule has 30 heavy (non-hydrogen) atoms. The van der Waals surface area contributed by atoms with Crippen LogP contribution in [0.2, 0.25) is 0 Å². The molecule has 0 aromatic heterocycles. The summed E-state index contributed by atoms with van der Waals surface area (Å²) in [6.07, 6.45) is 4.10. The second-order valence-corrected chi connectivity index (χ2v) is 8.44. The number of hydrogen-bond donors (Lipinski definition) is 0. The van der Waals surface area contributed by atoms with E-state index in [2.05, 4.69) is 22.5 Å². The van der Waals surface area contributed by atoms with Gasteiger partial charge in [-0.1, -0.05) is 34.1 Å². The first kappa shape index (κ1) is 22.2. The highest BCUT2D eigenvalue weighted by molar-refractivity contribution is 9.10. The molecule has 0 radical (unpaired) electrons. The SMILES string of the molecule is C=CCc1cc(/C=C2/SC(=O)N(Cc3cccc(Br)c3)C2=O)cc(OCC)c1OC. The van der Waals surface area contributed by atoms with Crippen LogP contribution < -0.4 is 9.47 Å². The zero-order valence-corrected chi connectivity index (χ0v) is 19.2. The van der Waals surface area contributed by atoms with Crippen LogP contribution in [0.3, 0.4) is 0 Å². The quantitative estimate of drug-likeness (QED) is 0.346. The van der Waals surface area contributed by atoms with E-state index in [0.717, 1.165) is 32.9 Å². The van der Waals surface area contributed by atoms with E-state index in [-0.39, 0.29) is 17.7 Å². The summed E-state index contributed by atoms with van der Waals surface area (Å²) in [6.45, 7) is 6.40. The van der Waals surface area contributed by atoms with Gasteiger partial charge in [-0.05, 0) is 66.6 Å². The van der Waals surface area contributed by atoms with Gasteiger partial charge in [-0.2, -0.15) is 0 Å². The van der Waals surface area contributed by atoms with Crippen molar-refractivity contribution in [1.29, 1.82) is 0 Å². The van der Waals surface area contributed by atoms with Crippen LogP contribution in [0.15, 0.2) is 58.4 Å². The number of nitrogens with zero attached hydrogens (tertiary/aromatic N) is 1. The van der Waals surface area contributed by atoms with Crippen LogP contribution in [0.5, 0.6) is 11.5 Å². The lowest BCUT2D eigenvalue weighted by atomic mass is 10.0. The first-order valence-corrected chi connectivity index (χ1v) is 11.0. The van der Waals surface area contributed by atoms with Crippen LogP contribution in [0, 0.1) is 0 Å². The lowest BCUT2D eigenvalue weighted by Crippen LogP contribution is -2.27. The van der Waals surface area contributed by atoms with E-state index in [0.29, 0.717) is 29.4 Å². The first-order valence-electron chi connectivity index (χ1n) is 9.41. The molecule has 1 aliphatic heterocycles. The molecule has 7 heteroatoms. The van der Waals surface area contributed by atoms with Crippen molar-refractivity contribution in [2.45, 2.75) is 19.9 Å². The molecule has 0 atom stereocenters. The number of hydrogen-bond acceptors (Lipinski definition) is 5. The van der Waals surface area contributed by atoms with Gasteiger partial charge in [0.05, 0.1) is 25.2 Å². The zero-order valence-electron chi connectivity index (χ0n) is 16.8. The minimum Gasteiger partial charge on any atom is -0.493 e. The molecular formula is C23H22BrNO4S. The molecule has 0 N–H and O–H groups in total. The fraction of sp³-hybridized carbons (Fsp3) is 0.217. The Bertz CT molecular complexity index is 1020. The maximum Gasteiger partial charge on any atom is 0.293 e. The van der Waals surface area contributed by atoms with Crippen LogP contribution in [0.25, 0.3) is 6.08 Å². The molecule has 0 unspecified atom stereocenters. The van der Waals surface area contributed by atoms with Crippen molar-refractivity contribution < 1.29 is 19.1 Å². The van der Waals surface area contributed by atoms with E-state index in [1.165, 1.54) is 4.90 Å². The number of allylic oxidation sites excluding steroid dienone is 1. The number of imide groups is 1. The molecule has 1 saturated heterocycles. The Hall–Kier alpha value is -2.51. The van der Waals surface area contributed by atoms with Gasteiger partial charge in [0.2, 0.25) is 0 Å². The van der Waals surface area contributed by atoms with Crippen LogP contribution in [0.4, 0.5) is 4.79 Å². The molecule has 2 aromatic rings. The lowest BCUT2D eigenvalue weighted by Gasteiger charge is -2.14. The summed E-state index contributed by atoms with van der Waals surface area (Å²) in [6, 6.07) is 11.3. The molecule has 0 bridgehead atoms. The topological polar surface area (TPSA) is 55.8 Å². The Morgan fingerprint density at radius 1 is 1.23 bits per heavy atom. The van der Waals surface area contributed by atoms with Crippen LogP contribution >= 0.6 is 27.7 Å². The molecule has 1 fully saturated rings. The monoisotopic (exact) mass is 487 g/mol. The van der Waals surface area contributed by atoms with Gasteiger partial charge in [0.15, 0.2) is 11.5 Å². The molecule has 2 aromatic carbocycles. The number of amides is 2. The summed E-state index contributed by atoms with van der Waals surface area (Å²) in [7, 11) is 1.59. The number of thioether (sulfide) groups is 1. The van der Waals surface area contributed by atoms with Gasteiger partial charge in [0.1, 0.15) is 0 Å². The van der Waals surface area contributed by atoms with E-state index in [1.807, 2.05) is 43.3 Å². The summed E-state index contributed by atoms with van der Waals surface area (Å²) in [4.78, 5) is 27.0. The second-order valence-electron chi connectivity index (χ2n) is 6.54. The molecule has 0 aliphatic carbocycles. The summed E-state index contributed by atoms with van der Waals surface area (Å²) in [5.74, 6) is 0.944. The summed E-state index contributed by atoms with van der Waals surface area (Å²) in [5, 5.41) is -0.281. The Labute approximate surface area is 188 Å². The number of rotatable bonds is 8. The maximum atomic E-state index is 12.9. The number of ether oxygens (including phenoxy) is 2. The van der Waals surface area contributed by atoms with Crippen molar-refractivity contribution in [3.05, 3.63) is 75.1 Å². The Kier molecular flexibility index (Phi) is 7.39. The minimum absolute atomic E-state index is 0.232. The number of methoxy groups -OCH3 is 1. The predicted octanol–water partition coefficient (Wildman–Crippen LogP) is 5.82. The van der Waals surface area contributed by atoms with Gasteiger partial charge >= 0.3 is 0 Å². The third-order valence-electron chi connectivity index (χ3n) is 4.42. The number of carbonyl (C=O) groups excluding carboxylic acids is 2. The van der Waals surface area contributed by atoms with Gasteiger partial charge in [-0.25, -0.2) is 0 Å². The largest absolute Gasteiger partial charge is 0.493 e. The van der Waals surface area contributed by atoms with Crippen LogP contribution in [-0.4, -0.2) is 29.8 Å². The molecule has 0 saturated carbocycles. The molecule has 1 heterocycles. The van der Waals surface area contributed by atoms with Gasteiger partial charge < -0.3 is 9.47 Å². The van der Waals surface area contributed by atoms with Crippen molar-refractivity contribution in [3.8, 4) is 11.5 Å². The maximum absolute atomic E-state index is 12.9. The summed E-state index contributed by atoms with van der Waals surface area (Å²) < 4.78 is 12.1. The van der Waals surface area contributed by atoms with Crippen molar-refractivity contribution in [1.82, 2.24) is 4.90 Å². The van der Waals surface area contributed by atoms with E-state index >= 15 is 0 Å². The Morgan fingerprint density at radius 2 is 2.03 bits per heavy atom. The first-order chi connectivity index (χ1) is 14.5. The Morgan fingerprint density at radius 3 is 2.70 bits per heavy atom. The molecule has 0 spiro atoms. The van der Waals surface area contributed by atoms with Gasteiger partial charge in [0.25, 0.3) is 11.1 Å². The number of halogens is 1. The number of carbonyl (C=O) groups is 2. The zero-order chi connectivity index (χ0) is 21.7. The fourth-order valence-corrected chi connectivity index (χ4v) is 4.46. The van der Waals surface area contributed by atoms with Gasteiger partial charge in [0, 0.05) is 10.0 Å². The standard InChI is InChI=1S/C23H22BrNO4S/c1-4-7-17-10-16(12-19(29-5-2)21(17)28-3)13-20-22(26)25(23(27)30-20)14-15-8-6-9-18(24)11-15/h4,6,8-13H,1,5,7,14H2,2-3H3/b20-13+. The van der Waals surface area contributed by atoms with Gasteiger partial charge in [-0.15, -0.1) is 6.58 Å². The summed E-state index contributed by atoms with van der Waals surface area (Å²) in [5.41, 5.74) is 2.55. The molecule has 156 valence electrons. The van der Waals surface area contributed by atoms with Crippen molar-refractivity contribution in [3.63, 3.8) is 0 Å². The van der Waals surface area contributed by atoms with E-state index in [1.54, 1.807) is 19.3 Å². The average molecular weight is 488 g/mol.